The molecule has 1 aromatic rings. The molecule has 0 bridgehead atoms. The van der Waals surface area contributed by atoms with Crippen molar-refractivity contribution in [3.63, 3.8) is 0 Å². The van der Waals surface area contributed by atoms with Crippen molar-refractivity contribution in [1.29, 1.82) is 0 Å². The third-order valence-corrected chi connectivity index (χ3v) is 4.07. The van der Waals surface area contributed by atoms with Gasteiger partial charge in [0, 0.05) is 38.9 Å². The molecule has 1 unspecified atom stereocenters. The number of benzene rings is 1. The number of hydrogen-bond donors (Lipinski definition) is 3. The van der Waals surface area contributed by atoms with E-state index in [-0.39, 0.29) is 18.0 Å². The Labute approximate surface area is 123 Å². The van der Waals surface area contributed by atoms with Crippen molar-refractivity contribution < 1.29 is 9.59 Å². The predicted molar refractivity (Wildman–Crippen MR) is 80.4 cm³/mol. The Hall–Kier alpha value is -2.44. The fourth-order valence-corrected chi connectivity index (χ4v) is 2.96. The van der Waals surface area contributed by atoms with Crippen LogP contribution in [-0.4, -0.2) is 56.1 Å². The predicted octanol–water partition coefficient (Wildman–Crippen LogP) is -0.158. The molecule has 4 N–H and O–H groups in total. The van der Waals surface area contributed by atoms with E-state index >= 15 is 0 Å². The van der Waals surface area contributed by atoms with Crippen LogP contribution in [0.2, 0.25) is 0 Å². The van der Waals surface area contributed by atoms with Gasteiger partial charge in [0.25, 0.3) is 5.91 Å². The molecule has 2 saturated heterocycles. The van der Waals surface area contributed by atoms with Gasteiger partial charge in [0.1, 0.15) is 0 Å². The van der Waals surface area contributed by atoms with Gasteiger partial charge in [0.05, 0.1) is 17.3 Å². The molecule has 1 atom stereocenters. The van der Waals surface area contributed by atoms with E-state index in [0.29, 0.717) is 37.4 Å². The molecule has 3 rings (SSSR count). The maximum atomic E-state index is 12.0. The number of carbonyl (C=O) groups excluding carboxylic acids is 2. The van der Waals surface area contributed by atoms with E-state index < -0.39 is 0 Å². The fraction of sp³-hybridized carbons (Fsp3) is 0.429. The number of fused-ring (bicyclic) bond motifs is 1. The lowest BCUT2D eigenvalue weighted by atomic mass is 10.1. The number of amides is 3. The molecule has 21 heavy (non-hydrogen) atoms. The minimum atomic E-state index is -0.131. The van der Waals surface area contributed by atoms with E-state index in [1.165, 1.54) is 0 Å². The van der Waals surface area contributed by atoms with Crippen molar-refractivity contribution in [2.45, 2.75) is 6.04 Å². The van der Waals surface area contributed by atoms with Crippen molar-refractivity contribution in [1.82, 2.24) is 15.5 Å². The Kier molecular flexibility index (Phi) is 3.32. The van der Waals surface area contributed by atoms with Gasteiger partial charge in [0.2, 0.25) is 0 Å². The average Bonchev–Trinajstić information content (AvgIpc) is 2.87. The summed E-state index contributed by atoms with van der Waals surface area (Å²) in [6.07, 6.45) is 0. The van der Waals surface area contributed by atoms with Crippen LogP contribution in [0.15, 0.2) is 18.2 Å². The summed E-state index contributed by atoms with van der Waals surface area (Å²) in [6.45, 7) is 2.69. The van der Waals surface area contributed by atoms with Gasteiger partial charge in [0.15, 0.2) is 0 Å². The molecule has 7 nitrogen and oxygen atoms in total. The maximum Gasteiger partial charge on any atom is 0.317 e. The van der Waals surface area contributed by atoms with Crippen LogP contribution in [-0.2, 0) is 0 Å². The lowest BCUT2D eigenvalue weighted by molar-refractivity contribution is 0.0963. The summed E-state index contributed by atoms with van der Waals surface area (Å²) >= 11 is 0. The molecule has 0 radical (unpaired) electrons. The monoisotopic (exact) mass is 289 g/mol. The first-order valence-electron chi connectivity index (χ1n) is 7.01. The Bertz CT molecular complexity index is 589. The number of urea groups is 1. The van der Waals surface area contributed by atoms with Crippen LogP contribution in [0.5, 0.6) is 0 Å². The number of nitrogen functional groups attached to an aromatic ring is 1. The zero-order chi connectivity index (χ0) is 15.0. The number of piperazine rings is 1. The van der Waals surface area contributed by atoms with Crippen LogP contribution in [0.3, 0.4) is 0 Å². The van der Waals surface area contributed by atoms with Gasteiger partial charge in [-0.05, 0) is 18.2 Å². The SMILES string of the molecule is CNC(=O)c1ccc(N)cc1N1CCN2C(=O)NCC2C1. The summed E-state index contributed by atoms with van der Waals surface area (Å²) in [4.78, 5) is 27.6. The summed E-state index contributed by atoms with van der Waals surface area (Å²) in [6, 6.07) is 5.44. The Morgan fingerprint density at radius 2 is 2.24 bits per heavy atom. The van der Waals surface area contributed by atoms with Crippen LogP contribution in [0.1, 0.15) is 10.4 Å². The van der Waals surface area contributed by atoms with E-state index in [0.717, 1.165) is 5.69 Å². The van der Waals surface area contributed by atoms with Crippen molar-refractivity contribution in [2.24, 2.45) is 0 Å². The zero-order valence-electron chi connectivity index (χ0n) is 11.9. The number of nitrogens with zero attached hydrogens (tertiary/aromatic N) is 2. The van der Waals surface area contributed by atoms with E-state index in [1.54, 1.807) is 19.2 Å². The van der Waals surface area contributed by atoms with Crippen LogP contribution in [0.25, 0.3) is 0 Å². The average molecular weight is 289 g/mol. The van der Waals surface area contributed by atoms with Crippen LogP contribution in [0.4, 0.5) is 16.2 Å². The molecule has 2 aliphatic rings. The summed E-state index contributed by atoms with van der Waals surface area (Å²) in [7, 11) is 1.61. The summed E-state index contributed by atoms with van der Waals surface area (Å²) < 4.78 is 0. The molecule has 2 heterocycles. The van der Waals surface area contributed by atoms with Gasteiger partial charge in [-0.1, -0.05) is 0 Å². The topological polar surface area (TPSA) is 90.7 Å². The lowest BCUT2D eigenvalue weighted by Gasteiger charge is -2.38. The minimum absolute atomic E-state index is 0.00116. The first-order valence-corrected chi connectivity index (χ1v) is 7.01. The molecule has 0 spiro atoms. The van der Waals surface area contributed by atoms with Crippen molar-refractivity contribution in [3.8, 4) is 0 Å². The van der Waals surface area contributed by atoms with Gasteiger partial charge in [-0.25, -0.2) is 4.79 Å². The summed E-state index contributed by atoms with van der Waals surface area (Å²) in [5.74, 6) is -0.131. The van der Waals surface area contributed by atoms with Crippen LogP contribution in [0, 0.1) is 0 Å². The number of hydrogen-bond acceptors (Lipinski definition) is 4. The molecule has 0 aromatic heterocycles. The molecule has 3 amide bonds. The molecule has 0 aliphatic carbocycles. The second-order valence-corrected chi connectivity index (χ2v) is 5.33. The normalized spacial score (nSPS) is 21.0. The molecule has 7 heteroatoms. The number of nitrogens with one attached hydrogen (secondary N) is 2. The lowest BCUT2D eigenvalue weighted by Crippen LogP contribution is -2.52. The highest BCUT2D eigenvalue weighted by molar-refractivity contribution is 6.00. The van der Waals surface area contributed by atoms with Crippen molar-refractivity contribution in [3.05, 3.63) is 23.8 Å². The zero-order valence-corrected chi connectivity index (χ0v) is 11.9. The molecule has 2 fully saturated rings. The van der Waals surface area contributed by atoms with E-state index in [2.05, 4.69) is 15.5 Å². The minimum Gasteiger partial charge on any atom is -0.399 e. The fourth-order valence-electron chi connectivity index (χ4n) is 2.96. The second kappa shape index (κ2) is 5.16. The van der Waals surface area contributed by atoms with Gasteiger partial charge in [-0.2, -0.15) is 0 Å². The van der Waals surface area contributed by atoms with Gasteiger partial charge in [-0.15, -0.1) is 0 Å². The molecular weight excluding hydrogens is 270 g/mol. The Morgan fingerprint density at radius 3 is 3.00 bits per heavy atom. The van der Waals surface area contributed by atoms with Crippen molar-refractivity contribution >= 4 is 23.3 Å². The highest BCUT2D eigenvalue weighted by Crippen LogP contribution is 2.27. The van der Waals surface area contributed by atoms with E-state index in [1.807, 2.05) is 11.0 Å². The summed E-state index contributed by atoms with van der Waals surface area (Å²) in [5.41, 5.74) is 7.93. The first-order chi connectivity index (χ1) is 10.1. The molecular formula is C14H19N5O2. The maximum absolute atomic E-state index is 12.0. The Balaban J connectivity index is 1.88. The number of anilines is 2. The van der Waals surface area contributed by atoms with Gasteiger partial charge < -0.3 is 26.2 Å². The number of nitrogens with two attached hydrogens (primary N) is 1. The van der Waals surface area contributed by atoms with Crippen molar-refractivity contribution in [2.75, 3.05) is 43.9 Å². The third kappa shape index (κ3) is 2.35. The molecule has 0 saturated carbocycles. The largest absolute Gasteiger partial charge is 0.399 e. The standard InChI is InChI=1S/C14H19N5O2/c1-16-13(20)11-3-2-9(15)6-12(11)18-4-5-19-10(8-18)7-17-14(19)21/h2-3,6,10H,4-5,7-8,15H2,1H3,(H,16,20)(H,17,21). The third-order valence-electron chi connectivity index (χ3n) is 4.07. The molecule has 1 aromatic carbocycles. The molecule has 2 aliphatic heterocycles. The van der Waals surface area contributed by atoms with Gasteiger partial charge >= 0.3 is 6.03 Å². The van der Waals surface area contributed by atoms with E-state index in [4.69, 9.17) is 5.73 Å². The smallest absolute Gasteiger partial charge is 0.317 e. The van der Waals surface area contributed by atoms with Crippen LogP contribution < -0.4 is 21.3 Å². The summed E-state index contributed by atoms with van der Waals surface area (Å²) in [5, 5.41) is 5.50. The highest BCUT2D eigenvalue weighted by Gasteiger charge is 2.36. The molecule has 112 valence electrons. The number of carbonyl (C=O) groups is 2. The van der Waals surface area contributed by atoms with Gasteiger partial charge in [-0.3, -0.25) is 4.79 Å². The highest BCUT2D eigenvalue weighted by atomic mass is 16.2. The second-order valence-electron chi connectivity index (χ2n) is 5.33. The van der Waals surface area contributed by atoms with E-state index in [9.17, 15) is 9.59 Å². The first kappa shape index (κ1) is 13.5. The Morgan fingerprint density at radius 1 is 1.43 bits per heavy atom. The van der Waals surface area contributed by atoms with Crippen LogP contribution >= 0.6 is 0 Å². The quantitative estimate of drug-likeness (QED) is 0.660. The number of rotatable bonds is 2.